The van der Waals surface area contributed by atoms with Gasteiger partial charge in [-0.15, -0.1) is 0 Å². The van der Waals surface area contributed by atoms with Crippen LogP contribution in [0.1, 0.15) is 43.5 Å². The standard InChI is InChI=1S/C29H35N7O2/c1-3-4-26(37)24-11-18(2)23(16-32-24)22-12-19-15-33-27(14-25(19)36-10-7-31-28(22)36)34-29(38)21-13-20(21)17-35-8-5-30-6-9-35/h7,10-12,14-16,20-21,26,30,37H,3-6,8-9,13,17H2,1-2H3,(H,33,34,38)/t20-,21+,26-/m0/s1. The topological polar surface area (TPSA) is 108 Å². The molecule has 0 spiro atoms. The fourth-order valence-electron chi connectivity index (χ4n) is 5.64. The predicted octanol–water partition coefficient (Wildman–Crippen LogP) is 3.57. The number of carbonyl (C=O) groups is 1. The van der Waals surface area contributed by atoms with Crippen molar-refractivity contribution in [1.82, 2.24) is 29.6 Å². The third-order valence-electron chi connectivity index (χ3n) is 7.89. The van der Waals surface area contributed by atoms with Gasteiger partial charge in [-0.05, 0) is 43.4 Å². The molecule has 3 atom stereocenters. The number of rotatable bonds is 8. The summed E-state index contributed by atoms with van der Waals surface area (Å²) in [6.45, 7) is 9.25. The van der Waals surface area contributed by atoms with E-state index >= 15 is 0 Å². The number of aromatic nitrogens is 4. The van der Waals surface area contributed by atoms with E-state index in [0.29, 0.717) is 23.9 Å². The van der Waals surface area contributed by atoms with E-state index in [9.17, 15) is 9.90 Å². The number of nitrogens with one attached hydrogen (secondary N) is 2. The van der Waals surface area contributed by atoms with Crippen LogP contribution in [-0.4, -0.2) is 68.0 Å². The molecule has 4 aromatic rings. The highest BCUT2D eigenvalue weighted by Crippen LogP contribution is 2.40. The van der Waals surface area contributed by atoms with Crippen molar-refractivity contribution in [2.75, 3.05) is 38.0 Å². The molecule has 0 unspecified atom stereocenters. The lowest BCUT2D eigenvalue weighted by Crippen LogP contribution is -2.44. The number of fused-ring (bicyclic) bond motifs is 3. The number of nitrogens with zero attached hydrogens (tertiary/aromatic N) is 5. The van der Waals surface area contributed by atoms with E-state index < -0.39 is 6.10 Å². The second-order valence-electron chi connectivity index (χ2n) is 10.7. The van der Waals surface area contributed by atoms with Gasteiger partial charge >= 0.3 is 0 Å². The minimum Gasteiger partial charge on any atom is -0.387 e. The second-order valence-corrected chi connectivity index (χ2v) is 10.7. The summed E-state index contributed by atoms with van der Waals surface area (Å²) in [5, 5.41) is 17.8. The summed E-state index contributed by atoms with van der Waals surface area (Å²) in [4.78, 5) is 29.2. The van der Waals surface area contributed by atoms with E-state index in [-0.39, 0.29) is 11.8 Å². The highest BCUT2D eigenvalue weighted by atomic mass is 16.3. The van der Waals surface area contributed by atoms with Crippen LogP contribution in [0.3, 0.4) is 0 Å². The van der Waals surface area contributed by atoms with Crippen LogP contribution in [0.5, 0.6) is 0 Å². The number of imidazole rings is 1. The number of hydrogen-bond donors (Lipinski definition) is 3. The van der Waals surface area contributed by atoms with Gasteiger partial charge in [-0.2, -0.15) is 0 Å². The smallest absolute Gasteiger partial charge is 0.228 e. The molecule has 1 amide bonds. The van der Waals surface area contributed by atoms with Crippen LogP contribution in [0.2, 0.25) is 0 Å². The Morgan fingerprint density at radius 1 is 1.16 bits per heavy atom. The van der Waals surface area contributed by atoms with E-state index in [2.05, 4.69) is 43.5 Å². The van der Waals surface area contributed by atoms with Gasteiger partial charge in [-0.3, -0.25) is 14.2 Å². The first-order valence-electron chi connectivity index (χ1n) is 13.7. The van der Waals surface area contributed by atoms with Gasteiger partial charge in [-0.1, -0.05) is 13.3 Å². The van der Waals surface area contributed by atoms with Crippen LogP contribution in [-0.2, 0) is 4.79 Å². The minimum absolute atomic E-state index is 0.0579. The van der Waals surface area contributed by atoms with Crippen molar-refractivity contribution >= 4 is 28.3 Å². The fourth-order valence-corrected chi connectivity index (χ4v) is 5.64. The van der Waals surface area contributed by atoms with Crippen molar-refractivity contribution in [2.24, 2.45) is 11.8 Å². The first kappa shape index (κ1) is 24.9. The van der Waals surface area contributed by atoms with Gasteiger partial charge in [0.05, 0.1) is 17.3 Å². The van der Waals surface area contributed by atoms with Gasteiger partial charge in [-0.25, -0.2) is 9.97 Å². The predicted molar refractivity (Wildman–Crippen MR) is 148 cm³/mol. The molecule has 198 valence electrons. The zero-order valence-corrected chi connectivity index (χ0v) is 22.0. The molecule has 3 N–H and O–H groups in total. The quantitative estimate of drug-likeness (QED) is 0.331. The normalized spacial score (nSPS) is 20.6. The van der Waals surface area contributed by atoms with Crippen LogP contribution in [0, 0.1) is 18.8 Å². The SMILES string of the molecule is CCC[C@H](O)c1cc(C)c(-c2cc3cnc(NC(=O)[C@@H]4C[C@H]4CN4CCNCC4)cc3n3ccnc23)cn1. The van der Waals surface area contributed by atoms with Gasteiger partial charge < -0.3 is 20.6 Å². The molecular weight excluding hydrogens is 478 g/mol. The summed E-state index contributed by atoms with van der Waals surface area (Å²) in [5.41, 5.74) is 5.40. The molecule has 2 fully saturated rings. The number of anilines is 1. The number of aryl methyl sites for hydroxylation is 1. The highest BCUT2D eigenvalue weighted by Gasteiger charge is 2.43. The van der Waals surface area contributed by atoms with E-state index in [4.69, 9.17) is 0 Å². The number of piperazine rings is 1. The monoisotopic (exact) mass is 513 g/mol. The molecule has 0 aromatic carbocycles. The Bertz CT molecular complexity index is 1480. The molecule has 5 heterocycles. The summed E-state index contributed by atoms with van der Waals surface area (Å²) >= 11 is 0. The lowest BCUT2D eigenvalue weighted by molar-refractivity contribution is -0.117. The van der Waals surface area contributed by atoms with E-state index in [1.54, 1.807) is 12.4 Å². The summed E-state index contributed by atoms with van der Waals surface area (Å²) in [5.74, 6) is 1.11. The number of amides is 1. The van der Waals surface area contributed by atoms with Crippen LogP contribution in [0.25, 0.3) is 27.7 Å². The molecular formula is C29H35N7O2. The molecule has 0 radical (unpaired) electrons. The Morgan fingerprint density at radius 2 is 2.00 bits per heavy atom. The first-order valence-corrected chi connectivity index (χ1v) is 13.7. The van der Waals surface area contributed by atoms with Crippen molar-refractivity contribution in [3.8, 4) is 11.1 Å². The maximum absolute atomic E-state index is 12.9. The van der Waals surface area contributed by atoms with Crippen LogP contribution < -0.4 is 10.6 Å². The molecule has 0 bridgehead atoms. The molecule has 9 nitrogen and oxygen atoms in total. The van der Waals surface area contributed by atoms with E-state index in [1.165, 1.54) is 0 Å². The summed E-state index contributed by atoms with van der Waals surface area (Å²) in [7, 11) is 0. The molecule has 9 heteroatoms. The molecule has 1 aliphatic carbocycles. The van der Waals surface area contributed by atoms with Gasteiger partial charge in [0.2, 0.25) is 5.91 Å². The maximum atomic E-state index is 12.9. The summed E-state index contributed by atoms with van der Waals surface area (Å²) in [6.07, 6.45) is 9.32. The van der Waals surface area contributed by atoms with Gasteiger partial charge in [0.1, 0.15) is 11.5 Å². The number of hydrogen-bond acceptors (Lipinski definition) is 7. The van der Waals surface area contributed by atoms with Crippen LogP contribution in [0.15, 0.2) is 43.0 Å². The average Bonchev–Trinajstić information content (AvgIpc) is 3.51. The third kappa shape index (κ3) is 4.89. The van der Waals surface area contributed by atoms with E-state index in [1.807, 2.05) is 35.9 Å². The molecule has 38 heavy (non-hydrogen) atoms. The molecule has 6 rings (SSSR count). The van der Waals surface area contributed by atoms with Gasteiger partial charge in [0.15, 0.2) is 0 Å². The maximum Gasteiger partial charge on any atom is 0.228 e. The number of pyridine rings is 3. The second kappa shape index (κ2) is 10.4. The Morgan fingerprint density at radius 3 is 2.79 bits per heavy atom. The van der Waals surface area contributed by atoms with Crippen LogP contribution in [0.4, 0.5) is 5.82 Å². The number of aliphatic hydroxyl groups excluding tert-OH is 1. The zero-order valence-electron chi connectivity index (χ0n) is 22.0. The highest BCUT2D eigenvalue weighted by molar-refractivity contribution is 5.97. The Kier molecular flexibility index (Phi) is 6.82. The van der Waals surface area contributed by atoms with Crippen molar-refractivity contribution in [3.05, 3.63) is 54.2 Å². The largest absolute Gasteiger partial charge is 0.387 e. The van der Waals surface area contributed by atoms with Crippen molar-refractivity contribution < 1.29 is 9.90 Å². The Balaban J connectivity index is 1.23. The summed E-state index contributed by atoms with van der Waals surface area (Å²) < 4.78 is 2.03. The van der Waals surface area contributed by atoms with Gasteiger partial charge in [0.25, 0.3) is 0 Å². The average molecular weight is 514 g/mol. The number of aliphatic hydroxyl groups is 1. The fraction of sp³-hybridized carbons (Fsp3) is 0.448. The number of carbonyl (C=O) groups excluding carboxylic acids is 1. The summed E-state index contributed by atoms with van der Waals surface area (Å²) in [6, 6.07) is 5.96. The minimum atomic E-state index is -0.554. The molecule has 4 aromatic heterocycles. The van der Waals surface area contributed by atoms with Crippen molar-refractivity contribution in [2.45, 2.75) is 39.2 Å². The third-order valence-corrected chi connectivity index (χ3v) is 7.89. The zero-order chi connectivity index (χ0) is 26.2. The Labute approximate surface area is 222 Å². The first-order chi connectivity index (χ1) is 18.5. The van der Waals surface area contributed by atoms with E-state index in [0.717, 1.165) is 78.8 Å². The lowest BCUT2D eigenvalue weighted by Gasteiger charge is -2.27. The molecule has 1 saturated carbocycles. The Hall–Kier alpha value is -3.40. The molecule has 1 saturated heterocycles. The van der Waals surface area contributed by atoms with Crippen molar-refractivity contribution in [1.29, 1.82) is 0 Å². The van der Waals surface area contributed by atoms with Crippen LogP contribution >= 0.6 is 0 Å². The van der Waals surface area contributed by atoms with Gasteiger partial charge in [0, 0.05) is 86.0 Å². The molecule has 2 aliphatic rings. The van der Waals surface area contributed by atoms with Crippen molar-refractivity contribution in [3.63, 3.8) is 0 Å². The molecule has 1 aliphatic heterocycles. The lowest BCUT2D eigenvalue weighted by atomic mass is 10.00.